The van der Waals surface area contributed by atoms with Crippen LogP contribution in [0.1, 0.15) is 12.8 Å². The van der Waals surface area contributed by atoms with Crippen LogP contribution in [0.4, 0.5) is 14.5 Å². The Balaban J connectivity index is 2.37. The van der Waals surface area contributed by atoms with Gasteiger partial charge in [0.2, 0.25) is 5.91 Å². The summed E-state index contributed by atoms with van der Waals surface area (Å²) in [6.07, 6.45) is -0.0833. The van der Waals surface area contributed by atoms with Crippen molar-refractivity contribution in [3.63, 3.8) is 0 Å². The minimum atomic E-state index is -0.694. The lowest BCUT2D eigenvalue weighted by atomic mass is 10.1. The van der Waals surface area contributed by atoms with Crippen molar-refractivity contribution in [3.8, 4) is 0 Å². The Labute approximate surface area is 105 Å². The lowest BCUT2D eigenvalue weighted by molar-refractivity contribution is -0.128. The number of benzene rings is 1. The van der Waals surface area contributed by atoms with Crippen LogP contribution in [0.25, 0.3) is 0 Å². The van der Waals surface area contributed by atoms with Crippen LogP contribution < -0.4 is 4.90 Å². The summed E-state index contributed by atoms with van der Waals surface area (Å²) in [5, 5.41) is 0. The SMILES string of the molecule is O=C1CCN(c2cc(F)c(Br)cc2F)C(=O)C1. The van der Waals surface area contributed by atoms with Gasteiger partial charge in [-0.25, -0.2) is 8.78 Å². The smallest absolute Gasteiger partial charge is 0.234 e. The maximum absolute atomic E-state index is 13.6. The number of anilines is 1. The first-order chi connectivity index (χ1) is 7.99. The summed E-state index contributed by atoms with van der Waals surface area (Å²) < 4.78 is 26.9. The summed E-state index contributed by atoms with van der Waals surface area (Å²) in [6.45, 7) is 0.0929. The first-order valence-electron chi connectivity index (χ1n) is 4.95. The number of carbonyl (C=O) groups is 2. The van der Waals surface area contributed by atoms with Gasteiger partial charge in [0, 0.05) is 19.0 Å². The average Bonchev–Trinajstić information content (AvgIpc) is 2.24. The molecule has 0 aromatic heterocycles. The number of hydrogen-bond acceptors (Lipinski definition) is 2. The maximum atomic E-state index is 13.6. The van der Waals surface area contributed by atoms with Crippen LogP contribution in [0.15, 0.2) is 16.6 Å². The number of halogens is 3. The third-order valence-corrected chi connectivity index (χ3v) is 3.15. The second-order valence-electron chi connectivity index (χ2n) is 3.73. The number of amides is 1. The molecule has 0 bridgehead atoms. The molecule has 17 heavy (non-hydrogen) atoms. The van der Waals surface area contributed by atoms with E-state index in [0.717, 1.165) is 17.0 Å². The van der Waals surface area contributed by atoms with Crippen LogP contribution in [0.3, 0.4) is 0 Å². The zero-order chi connectivity index (χ0) is 12.6. The summed E-state index contributed by atoms with van der Waals surface area (Å²) in [5.41, 5.74) is -0.122. The molecule has 1 aliphatic heterocycles. The fraction of sp³-hybridized carbons (Fsp3) is 0.273. The molecule has 2 rings (SSSR count). The fourth-order valence-corrected chi connectivity index (χ4v) is 2.00. The highest BCUT2D eigenvalue weighted by molar-refractivity contribution is 9.10. The minimum Gasteiger partial charge on any atom is -0.309 e. The third-order valence-electron chi connectivity index (χ3n) is 2.54. The van der Waals surface area contributed by atoms with Gasteiger partial charge in [0.25, 0.3) is 0 Å². The summed E-state index contributed by atoms with van der Waals surface area (Å²) in [5.74, 6) is -2.02. The summed E-state index contributed by atoms with van der Waals surface area (Å²) in [4.78, 5) is 23.7. The number of hydrogen-bond donors (Lipinski definition) is 0. The number of Topliss-reactive ketones (excluding diaryl/α,β-unsaturated/α-hetero) is 1. The molecule has 1 saturated heterocycles. The van der Waals surface area contributed by atoms with E-state index in [-0.39, 0.29) is 35.3 Å². The number of carbonyl (C=O) groups excluding carboxylic acids is 2. The van der Waals surface area contributed by atoms with Gasteiger partial charge in [0.05, 0.1) is 16.6 Å². The van der Waals surface area contributed by atoms with Crippen molar-refractivity contribution in [1.82, 2.24) is 0 Å². The monoisotopic (exact) mass is 303 g/mol. The number of piperidine rings is 1. The second-order valence-corrected chi connectivity index (χ2v) is 4.58. The van der Waals surface area contributed by atoms with Gasteiger partial charge >= 0.3 is 0 Å². The van der Waals surface area contributed by atoms with E-state index in [4.69, 9.17) is 0 Å². The molecule has 6 heteroatoms. The second kappa shape index (κ2) is 4.52. The number of rotatable bonds is 1. The van der Waals surface area contributed by atoms with Gasteiger partial charge in [-0.2, -0.15) is 0 Å². The molecular weight excluding hydrogens is 296 g/mol. The van der Waals surface area contributed by atoms with Gasteiger partial charge in [-0.05, 0) is 22.0 Å². The summed E-state index contributed by atoms with van der Waals surface area (Å²) in [7, 11) is 0. The normalized spacial score (nSPS) is 16.5. The Kier molecular flexibility index (Phi) is 3.24. The highest BCUT2D eigenvalue weighted by Crippen LogP contribution is 2.28. The van der Waals surface area contributed by atoms with E-state index in [9.17, 15) is 18.4 Å². The predicted octanol–water partition coefficient (Wildman–Crippen LogP) is 2.42. The van der Waals surface area contributed by atoms with E-state index in [0.29, 0.717) is 0 Å². The highest BCUT2D eigenvalue weighted by atomic mass is 79.9. The predicted molar refractivity (Wildman–Crippen MR) is 60.7 cm³/mol. The van der Waals surface area contributed by atoms with Crippen molar-refractivity contribution in [2.75, 3.05) is 11.4 Å². The van der Waals surface area contributed by atoms with Crippen molar-refractivity contribution in [3.05, 3.63) is 28.2 Å². The van der Waals surface area contributed by atoms with Gasteiger partial charge < -0.3 is 4.90 Å². The van der Waals surface area contributed by atoms with Crippen LogP contribution in [-0.4, -0.2) is 18.2 Å². The van der Waals surface area contributed by atoms with E-state index in [1.165, 1.54) is 0 Å². The topological polar surface area (TPSA) is 37.4 Å². The molecular formula is C11H8BrF2NO2. The lowest BCUT2D eigenvalue weighted by Gasteiger charge is -2.26. The number of ketones is 1. The Morgan fingerprint density at radius 3 is 2.53 bits per heavy atom. The Morgan fingerprint density at radius 1 is 1.18 bits per heavy atom. The Morgan fingerprint density at radius 2 is 1.88 bits per heavy atom. The molecule has 0 saturated carbocycles. The Bertz CT molecular complexity index is 504. The summed E-state index contributed by atoms with van der Waals surface area (Å²) in [6, 6.07) is 1.92. The molecule has 0 N–H and O–H groups in total. The highest BCUT2D eigenvalue weighted by Gasteiger charge is 2.27. The third kappa shape index (κ3) is 2.36. The standard InChI is InChI=1S/C11H8BrF2NO2/c12-7-4-9(14)10(5-8(7)13)15-2-1-6(16)3-11(15)17/h4-5H,1-3H2. The molecule has 1 aromatic carbocycles. The molecule has 0 spiro atoms. The average molecular weight is 304 g/mol. The molecule has 0 aliphatic carbocycles. The van der Waals surface area contributed by atoms with Crippen molar-refractivity contribution in [1.29, 1.82) is 0 Å². The molecule has 0 atom stereocenters. The molecule has 0 radical (unpaired) electrons. The molecule has 90 valence electrons. The molecule has 1 aromatic rings. The zero-order valence-electron chi connectivity index (χ0n) is 8.67. The first kappa shape index (κ1) is 12.2. The molecule has 1 heterocycles. The number of nitrogens with zero attached hydrogens (tertiary/aromatic N) is 1. The first-order valence-corrected chi connectivity index (χ1v) is 5.75. The van der Waals surface area contributed by atoms with Gasteiger partial charge in [-0.15, -0.1) is 0 Å². The molecule has 1 fully saturated rings. The molecule has 3 nitrogen and oxygen atoms in total. The molecule has 0 unspecified atom stereocenters. The Hall–Kier alpha value is -1.30. The van der Waals surface area contributed by atoms with Crippen LogP contribution in [0, 0.1) is 11.6 Å². The van der Waals surface area contributed by atoms with Gasteiger partial charge in [-0.3, -0.25) is 9.59 Å². The maximum Gasteiger partial charge on any atom is 0.234 e. The van der Waals surface area contributed by atoms with Gasteiger partial charge in [0.15, 0.2) is 0 Å². The minimum absolute atomic E-state index is 0.000662. The van der Waals surface area contributed by atoms with Gasteiger partial charge in [-0.1, -0.05) is 0 Å². The van der Waals surface area contributed by atoms with Crippen LogP contribution in [0.5, 0.6) is 0 Å². The van der Waals surface area contributed by atoms with E-state index in [1.807, 2.05) is 0 Å². The van der Waals surface area contributed by atoms with Crippen molar-refractivity contribution in [2.24, 2.45) is 0 Å². The molecule has 1 amide bonds. The lowest BCUT2D eigenvalue weighted by Crippen LogP contribution is -2.39. The largest absolute Gasteiger partial charge is 0.309 e. The summed E-state index contributed by atoms with van der Waals surface area (Å²) >= 11 is 2.86. The van der Waals surface area contributed by atoms with E-state index in [2.05, 4.69) is 15.9 Å². The van der Waals surface area contributed by atoms with Crippen molar-refractivity contribution in [2.45, 2.75) is 12.8 Å². The van der Waals surface area contributed by atoms with Crippen molar-refractivity contribution >= 4 is 33.3 Å². The quantitative estimate of drug-likeness (QED) is 0.590. The fourth-order valence-electron chi connectivity index (χ4n) is 1.69. The van der Waals surface area contributed by atoms with Crippen LogP contribution in [0.2, 0.25) is 0 Å². The molecule has 1 aliphatic rings. The van der Waals surface area contributed by atoms with Crippen molar-refractivity contribution < 1.29 is 18.4 Å². The van der Waals surface area contributed by atoms with E-state index < -0.39 is 17.5 Å². The van der Waals surface area contributed by atoms with Crippen LogP contribution >= 0.6 is 15.9 Å². The van der Waals surface area contributed by atoms with Gasteiger partial charge in [0.1, 0.15) is 17.4 Å². The van der Waals surface area contributed by atoms with E-state index in [1.54, 1.807) is 0 Å². The zero-order valence-corrected chi connectivity index (χ0v) is 10.3. The van der Waals surface area contributed by atoms with Crippen LogP contribution in [-0.2, 0) is 9.59 Å². The van der Waals surface area contributed by atoms with E-state index >= 15 is 0 Å².